The summed E-state index contributed by atoms with van der Waals surface area (Å²) in [6.07, 6.45) is 6.76. The highest BCUT2D eigenvalue weighted by Crippen LogP contribution is 2.39. The van der Waals surface area contributed by atoms with Crippen LogP contribution < -0.4 is 14.8 Å². The molecule has 0 aliphatic carbocycles. The van der Waals surface area contributed by atoms with Crippen LogP contribution in [0.15, 0.2) is 73.3 Å². The average Bonchev–Trinajstić information content (AvgIpc) is 3.03. The average molecular weight is 566 g/mol. The van der Waals surface area contributed by atoms with E-state index in [2.05, 4.69) is 20.3 Å². The van der Waals surface area contributed by atoms with E-state index < -0.39 is 12.0 Å². The first kappa shape index (κ1) is 26.9. The number of pyridine rings is 1. The number of carbonyl (C=O) groups excluding carboxylic acids is 3. The van der Waals surface area contributed by atoms with Crippen LogP contribution in [0.25, 0.3) is 0 Å². The molecule has 2 amide bonds. The number of esters is 1. The van der Waals surface area contributed by atoms with Crippen LogP contribution in [-0.4, -0.2) is 64.4 Å². The van der Waals surface area contributed by atoms with Gasteiger partial charge in [0.1, 0.15) is 22.9 Å². The molecule has 8 bridgehead atoms. The van der Waals surface area contributed by atoms with Gasteiger partial charge < -0.3 is 24.4 Å². The number of aromatic nitrogens is 3. The van der Waals surface area contributed by atoms with Crippen LogP contribution in [0, 0.1) is 0 Å². The molecule has 2 aromatic carbocycles. The topological polar surface area (TPSA) is 133 Å². The molecule has 42 heavy (non-hydrogen) atoms. The SMILES string of the molecule is COC(=O)c1cnc(C(=O)N2CCc3cc4ccc3C2c2cccc(c2)OCCCNC(=O)c2cncc(c2)O4)cn1. The second-order valence-corrected chi connectivity index (χ2v) is 9.83. The van der Waals surface area contributed by atoms with Gasteiger partial charge >= 0.3 is 5.97 Å². The quantitative estimate of drug-likeness (QED) is 0.361. The summed E-state index contributed by atoms with van der Waals surface area (Å²) in [5, 5.41) is 2.88. The fraction of sp³-hybridized carbons (Fsp3) is 0.226. The summed E-state index contributed by atoms with van der Waals surface area (Å²) in [4.78, 5) is 52.5. The number of hydrogen-bond acceptors (Lipinski definition) is 9. The molecule has 4 aromatic rings. The molecule has 1 atom stereocenters. The third kappa shape index (κ3) is 5.49. The van der Waals surface area contributed by atoms with Gasteiger partial charge in [0.25, 0.3) is 11.8 Å². The lowest BCUT2D eigenvalue weighted by Crippen LogP contribution is -2.41. The van der Waals surface area contributed by atoms with Gasteiger partial charge in [-0.3, -0.25) is 14.6 Å². The minimum atomic E-state index is -0.628. The van der Waals surface area contributed by atoms with E-state index in [0.717, 1.165) is 16.7 Å². The number of hydrogen-bond donors (Lipinski definition) is 1. The first-order valence-corrected chi connectivity index (χ1v) is 13.5. The fourth-order valence-corrected chi connectivity index (χ4v) is 5.12. The second kappa shape index (κ2) is 11.7. The first-order chi connectivity index (χ1) is 20.5. The fourth-order valence-electron chi connectivity index (χ4n) is 5.12. The van der Waals surface area contributed by atoms with E-state index in [1.807, 2.05) is 42.5 Å². The molecule has 0 saturated heterocycles. The molecule has 1 N–H and O–H groups in total. The molecule has 11 heteroatoms. The van der Waals surface area contributed by atoms with Crippen LogP contribution in [0.4, 0.5) is 0 Å². The lowest BCUT2D eigenvalue weighted by molar-refractivity contribution is 0.0590. The maximum atomic E-state index is 13.8. The van der Waals surface area contributed by atoms with Crippen molar-refractivity contribution in [1.29, 1.82) is 0 Å². The number of benzene rings is 2. The normalized spacial score (nSPS) is 16.3. The Morgan fingerprint density at radius 1 is 0.976 bits per heavy atom. The van der Waals surface area contributed by atoms with Gasteiger partial charge in [-0.25, -0.2) is 14.8 Å². The van der Waals surface area contributed by atoms with E-state index in [-0.39, 0.29) is 23.2 Å². The maximum Gasteiger partial charge on any atom is 0.358 e. The van der Waals surface area contributed by atoms with E-state index >= 15 is 0 Å². The van der Waals surface area contributed by atoms with Crippen molar-refractivity contribution < 1.29 is 28.6 Å². The molecule has 5 heterocycles. The van der Waals surface area contributed by atoms with Crippen molar-refractivity contribution in [2.45, 2.75) is 18.9 Å². The Balaban J connectivity index is 1.39. The summed E-state index contributed by atoms with van der Waals surface area (Å²) in [6, 6.07) is 14.6. The van der Waals surface area contributed by atoms with E-state index in [4.69, 9.17) is 14.2 Å². The van der Waals surface area contributed by atoms with Crippen molar-refractivity contribution in [3.05, 3.63) is 107 Å². The highest BCUT2D eigenvalue weighted by atomic mass is 16.5. The molecule has 212 valence electrons. The molecule has 0 radical (unpaired) electrons. The lowest BCUT2D eigenvalue weighted by Gasteiger charge is -2.38. The summed E-state index contributed by atoms with van der Waals surface area (Å²) < 4.78 is 16.8. The lowest BCUT2D eigenvalue weighted by atomic mass is 9.87. The van der Waals surface area contributed by atoms with Crippen molar-refractivity contribution in [2.75, 3.05) is 26.8 Å². The van der Waals surface area contributed by atoms with Crippen molar-refractivity contribution in [3.8, 4) is 17.2 Å². The molecular formula is C31H27N5O6. The Hall–Kier alpha value is -5.32. The minimum absolute atomic E-state index is 0.0203. The number of nitrogens with zero attached hydrogens (tertiary/aromatic N) is 4. The summed E-state index contributed by atoms with van der Waals surface area (Å²) in [6.45, 7) is 1.22. The summed E-state index contributed by atoms with van der Waals surface area (Å²) in [7, 11) is 1.26. The molecule has 11 nitrogen and oxygen atoms in total. The van der Waals surface area contributed by atoms with Crippen LogP contribution in [0.2, 0.25) is 0 Å². The van der Waals surface area contributed by atoms with Gasteiger partial charge in [-0.15, -0.1) is 0 Å². The Bertz CT molecular complexity index is 1660. The zero-order valence-electron chi connectivity index (χ0n) is 22.8. The number of nitrogens with one attached hydrogen (secondary N) is 1. The Labute approximate surface area is 241 Å². The van der Waals surface area contributed by atoms with Crippen molar-refractivity contribution >= 4 is 17.8 Å². The van der Waals surface area contributed by atoms with E-state index in [9.17, 15) is 14.4 Å². The zero-order valence-corrected chi connectivity index (χ0v) is 22.8. The number of carbonyl (C=O) groups is 3. The van der Waals surface area contributed by atoms with Crippen LogP contribution in [0.3, 0.4) is 0 Å². The minimum Gasteiger partial charge on any atom is -0.494 e. The molecule has 0 fully saturated rings. The van der Waals surface area contributed by atoms with Crippen molar-refractivity contribution in [1.82, 2.24) is 25.2 Å². The molecule has 7 rings (SSSR count). The third-order valence-corrected chi connectivity index (χ3v) is 7.13. The molecule has 3 aliphatic rings. The summed E-state index contributed by atoms with van der Waals surface area (Å²) in [5.41, 5.74) is 3.35. The number of methoxy groups -OCH3 is 1. The van der Waals surface area contributed by atoms with Crippen molar-refractivity contribution in [3.63, 3.8) is 0 Å². The Kier molecular flexibility index (Phi) is 7.46. The predicted octanol–water partition coefficient (Wildman–Crippen LogP) is 3.75. The standard InChI is InChI=1S/C31H27N5O6/c1-40-31(39)27-18-34-26(17-35-27)30(38)36-10-8-19-12-23-6-7-25(19)28(36)20-4-2-5-22(13-20)41-11-3-9-33-29(37)21-14-24(42-23)16-32-15-21/h2,4-7,12-18,28H,3,8-11H2,1H3,(H,33,37). The van der Waals surface area contributed by atoms with Gasteiger partial charge in [0.05, 0.1) is 43.9 Å². The van der Waals surface area contributed by atoms with Gasteiger partial charge in [-0.1, -0.05) is 18.2 Å². The molecule has 3 aliphatic heterocycles. The Morgan fingerprint density at radius 2 is 1.83 bits per heavy atom. The Morgan fingerprint density at radius 3 is 2.67 bits per heavy atom. The van der Waals surface area contributed by atoms with Crippen LogP contribution in [0.1, 0.15) is 60.5 Å². The van der Waals surface area contributed by atoms with Crippen molar-refractivity contribution in [2.24, 2.45) is 0 Å². The number of rotatable bonds is 2. The van der Waals surface area contributed by atoms with Gasteiger partial charge in [-0.05, 0) is 59.9 Å². The zero-order chi connectivity index (χ0) is 29.1. The highest BCUT2D eigenvalue weighted by molar-refractivity contribution is 5.94. The number of ether oxygens (including phenoxy) is 3. The monoisotopic (exact) mass is 565 g/mol. The summed E-state index contributed by atoms with van der Waals surface area (Å²) >= 11 is 0. The molecule has 0 spiro atoms. The smallest absolute Gasteiger partial charge is 0.358 e. The molecule has 1 unspecified atom stereocenters. The first-order valence-electron chi connectivity index (χ1n) is 13.5. The largest absolute Gasteiger partial charge is 0.494 e. The highest BCUT2D eigenvalue weighted by Gasteiger charge is 2.34. The van der Waals surface area contributed by atoms with Gasteiger partial charge in [0.15, 0.2) is 5.69 Å². The number of fused-ring (bicyclic) bond motifs is 6. The van der Waals surface area contributed by atoms with Gasteiger partial charge in [0, 0.05) is 19.3 Å². The molecular weight excluding hydrogens is 538 g/mol. The predicted molar refractivity (Wildman–Crippen MR) is 150 cm³/mol. The van der Waals surface area contributed by atoms with Crippen LogP contribution in [-0.2, 0) is 11.2 Å². The van der Waals surface area contributed by atoms with E-state index in [0.29, 0.717) is 55.4 Å². The van der Waals surface area contributed by atoms with Crippen LogP contribution >= 0.6 is 0 Å². The summed E-state index contributed by atoms with van der Waals surface area (Å²) in [5.74, 6) is 0.503. The molecule has 2 aromatic heterocycles. The van der Waals surface area contributed by atoms with E-state index in [1.165, 1.54) is 25.7 Å². The second-order valence-electron chi connectivity index (χ2n) is 9.83. The molecule has 0 saturated carbocycles. The number of amides is 2. The van der Waals surface area contributed by atoms with E-state index in [1.54, 1.807) is 17.2 Å². The van der Waals surface area contributed by atoms with Crippen LogP contribution in [0.5, 0.6) is 17.2 Å². The maximum absolute atomic E-state index is 13.8. The van der Waals surface area contributed by atoms with Gasteiger partial charge in [-0.2, -0.15) is 0 Å². The van der Waals surface area contributed by atoms with Gasteiger partial charge in [0.2, 0.25) is 0 Å². The third-order valence-electron chi connectivity index (χ3n) is 7.13.